The molecule has 0 saturated carbocycles. The van der Waals surface area contributed by atoms with Gasteiger partial charge in [0.15, 0.2) is 11.5 Å². The summed E-state index contributed by atoms with van der Waals surface area (Å²) in [6.07, 6.45) is 0. The van der Waals surface area contributed by atoms with E-state index in [1.807, 2.05) is 56.3 Å². The number of fused-ring (bicyclic) bond motifs is 2. The molecule has 1 amide bonds. The number of rotatable bonds is 5. The van der Waals surface area contributed by atoms with E-state index in [2.05, 4.69) is 4.98 Å². The summed E-state index contributed by atoms with van der Waals surface area (Å²) in [7, 11) is 0. The van der Waals surface area contributed by atoms with Crippen LogP contribution in [0.15, 0.2) is 42.5 Å². The summed E-state index contributed by atoms with van der Waals surface area (Å²) in [5.74, 6) is 0.351. The topological polar surface area (TPSA) is 71.6 Å². The smallest absolute Gasteiger partial charge is 0.295 e. The summed E-state index contributed by atoms with van der Waals surface area (Å²) in [4.78, 5) is 30.6. The first-order chi connectivity index (χ1) is 13.1. The number of ketones is 1. The standard InChI is InChI=1S/C21H20N2O4/c1-3-23(11-14-8-9-17-18(10-14)27-12-26-17)21(25)20(24)19-13(2)22-16-7-5-4-6-15(16)19/h4-10,22H,3,11-12H2,1-2H3. The monoisotopic (exact) mass is 364 g/mol. The van der Waals surface area contributed by atoms with E-state index in [4.69, 9.17) is 9.47 Å². The van der Waals surface area contributed by atoms with Gasteiger partial charge >= 0.3 is 0 Å². The Kier molecular flexibility index (Phi) is 4.32. The van der Waals surface area contributed by atoms with Gasteiger partial charge in [0.05, 0.1) is 5.56 Å². The Morgan fingerprint density at radius 2 is 1.89 bits per heavy atom. The van der Waals surface area contributed by atoms with Crippen LogP contribution >= 0.6 is 0 Å². The van der Waals surface area contributed by atoms with Crippen LogP contribution < -0.4 is 9.47 Å². The predicted molar refractivity (Wildman–Crippen MR) is 101 cm³/mol. The van der Waals surface area contributed by atoms with E-state index in [-0.39, 0.29) is 6.79 Å². The number of H-pyrrole nitrogens is 1. The predicted octanol–water partition coefficient (Wildman–Crippen LogP) is 3.44. The third-order valence-electron chi connectivity index (χ3n) is 4.79. The van der Waals surface area contributed by atoms with Crippen molar-refractivity contribution >= 4 is 22.6 Å². The van der Waals surface area contributed by atoms with Gasteiger partial charge in [-0.25, -0.2) is 0 Å². The van der Waals surface area contributed by atoms with Crippen LogP contribution in [0, 0.1) is 6.92 Å². The number of para-hydroxylation sites is 1. The van der Waals surface area contributed by atoms with Crippen molar-refractivity contribution in [3.8, 4) is 11.5 Å². The van der Waals surface area contributed by atoms with Crippen molar-refractivity contribution in [1.82, 2.24) is 9.88 Å². The fourth-order valence-corrected chi connectivity index (χ4v) is 3.41. The highest BCUT2D eigenvalue weighted by Crippen LogP contribution is 2.33. The van der Waals surface area contributed by atoms with Gasteiger partial charge in [0, 0.05) is 29.7 Å². The van der Waals surface area contributed by atoms with Gasteiger partial charge in [-0.15, -0.1) is 0 Å². The van der Waals surface area contributed by atoms with E-state index in [0.29, 0.717) is 35.8 Å². The van der Waals surface area contributed by atoms with Crippen molar-refractivity contribution in [2.24, 2.45) is 0 Å². The number of aromatic nitrogens is 1. The SMILES string of the molecule is CCN(Cc1ccc2c(c1)OCO2)C(=O)C(=O)c1c(C)[nH]c2ccccc12. The van der Waals surface area contributed by atoms with Gasteiger partial charge in [-0.3, -0.25) is 9.59 Å². The zero-order valence-corrected chi connectivity index (χ0v) is 15.2. The molecule has 0 saturated heterocycles. The Labute approximate surface area is 156 Å². The number of nitrogens with one attached hydrogen (secondary N) is 1. The van der Waals surface area contributed by atoms with E-state index in [1.165, 1.54) is 0 Å². The van der Waals surface area contributed by atoms with Gasteiger partial charge in [-0.05, 0) is 37.6 Å². The number of benzene rings is 2. The second-order valence-corrected chi connectivity index (χ2v) is 6.51. The van der Waals surface area contributed by atoms with Crippen LogP contribution in [0.25, 0.3) is 10.9 Å². The van der Waals surface area contributed by atoms with Crippen molar-refractivity contribution in [3.05, 3.63) is 59.3 Å². The number of hydrogen-bond donors (Lipinski definition) is 1. The molecule has 1 aromatic heterocycles. The molecule has 3 aromatic rings. The Hall–Kier alpha value is -3.28. The van der Waals surface area contributed by atoms with Crippen molar-refractivity contribution in [2.45, 2.75) is 20.4 Å². The Morgan fingerprint density at radius 3 is 2.70 bits per heavy atom. The number of carbonyl (C=O) groups is 2. The summed E-state index contributed by atoms with van der Waals surface area (Å²) < 4.78 is 10.7. The van der Waals surface area contributed by atoms with Crippen LogP contribution in [0.3, 0.4) is 0 Å². The Balaban J connectivity index is 1.59. The molecule has 1 aliphatic heterocycles. The van der Waals surface area contributed by atoms with Gasteiger partial charge < -0.3 is 19.4 Å². The lowest BCUT2D eigenvalue weighted by Gasteiger charge is -2.20. The largest absolute Gasteiger partial charge is 0.454 e. The molecular formula is C21H20N2O4. The number of aromatic amines is 1. The Morgan fingerprint density at radius 1 is 1.11 bits per heavy atom. The van der Waals surface area contributed by atoms with E-state index in [9.17, 15) is 9.59 Å². The van der Waals surface area contributed by atoms with Crippen LogP contribution in [-0.4, -0.2) is 34.9 Å². The third-order valence-corrected chi connectivity index (χ3v) is 4.79. The van der Waals surface area contributed by atoms with E-state index in [1.54, 1.807) is 4.90 Å². The molecule has 6 heteroatoms. The van der Waals surface area contributed by atoms with Crippen LogP contribution in [0.4, 0.5) is 0 Å². The lowest BCUT2D eigenvalue weighted by atomic mass is 10.1. The van der Waals surface area contributed by atoms with Crippen LogP contribution in [0.2, 0.25) is 0 Å². The lowest BCUT2D eigenvalue weighted by Crippen LogP contribution is -2.36. The molecular weight excluding hydrogens is 344 g/mol. The number of Topliss-reactive ketones (excluding diaryl/α,β-unsaturated/α-hetero) is 1. The molecule has 0 fully saturated rings. The van der Waals surface area contributed by atoms with Crippen LogP contribution in [-0.2, 0) is 11.3 Å². The molecule has 2 heterocycles. The summed E-state index contributed by atoms with van der Waals surface area (Å²) >= 11 is 0. The highest BCUT2D eigenvalue weighted by molar-refractivity contribution is 6.45. The molecule has 0 atom stereocenters. The molecule has 6 nitrogen and oxygen atoms in total. The normalized spacial score (nSPS) is 12.4. The first-order valence-electron chi connectivity index (χ1n) is 8.88. The fraction of sp³-hybridized carbons (Fsp3) is 0.238. The van der Waals surface area contributed by atoms with Gasteiger partial charge in [0.25, 0.3) is 11.7 Å². The second-order valence-electron chi connectivity index (χ2n) is 6.51. The highest BCUT2D eigenvalue weighted by Gasteiger charge is 2.27. The molecule has 1 aliphatic rings. The minimum absolute atomic E-state index is 0.202. The van der Waals surface area contributed by atoms with Crippen molar-refractivity contribution in [3.63, 3.8) is 0 Å². The number of nitrogens with zero attached hydrogens (tertiary/aromatic N) is 1. The Bertz CT molecular complexity index is 1040. The van der Waals surface area contributed by atoms with Crippen molar-refractivity contribution < 1.29 is 19.1 Å². The summed E-state index contributed by atoms with van der Waals surface area (Å²) in [6, 6.07) is 13.1. The zero-order chi connectivity index (χ0) is 19.0. The number of ether oxygens (including phenoxy) is 2. The first kappa shape index (κ1) is 17.1. The fourth-order valence-electron chi connectivity index (χ4n) is 3.41. The third kappa shape index (κ3) is 3.03. The molecule has 0 unspecified atom stereocenters. The first-order valence-corrected chi connectivity index (χ1v) is 8.88. The van der Waals surface area contributed by atoms with Crippen molar-refractivity contribution in [2.75, 3.05) is 13.3 Å². The minimum atomic E-state index is -0.511. The molecule has 1 N–H and O–H groups in total. The minimum Gasteiger partial charge on any atom is -0.454 e. The van der Waals surface area contributed by atoms with E-state index in [0.717, 1.165) is 16.5 Å². The maximum Gasteiger partial charge on any atom is 0.295 e. The molecule has 0 bridgehead atoms. The lowest BCUT2D eigenvalue weighted by molar-refractivity contribution is -0.126. The molecule has 138 valence electrons. The van der Waals surface area contributed by atoms with E-state index < -0.39 is 11.7 Å². The number of amides is 1. The average Bonchev–Trinajstić information content (AvgIpc) is 3.27. The number of likely N-dealkylation sites (N-methyl/N-ethyl adjacent to an activating group) is 1. The van der Waals surface area contributed by atoms with Gasteiger partial charge in [-0.1, -0.05) is 24.3 Å². The molecule has 0 spiro atoms. The van der Waals surface area contributed by atoms with Gasteiger partial charge in [-0.2, -0.15) is 0 Å². The van der Waals surface area contributed by atoms with E-state index >= 15 is 0 Å². The number of hydrogen-bond acceptors (Lipinski definition) is 4. The van der Waals surface area contributed by atoms with Gasteiger partial charge in [0.1, 0.15) is 0 Å². The number of aryl methyl sites for hydroxylation is 1. The van der Waals surface area contributed by atoms with Crippen LogP contribution in [0.1, 0.15) is 28.5 Å². The summed E-state index contributed by atoms with van der Waals surface area (Å²) in [5.41, 5.74) is 2.89. The quantitative estimate of drug-likeness (QED) is 0.556. The second kappa shape index (κ2) is 6.79. The van der Waals surface area contributed by atoms with Gasteiger partial charge in [0.2, 0.25) is 6.79 Å². The van der Waals surface area contributed by atoms with Crippen molar-refractivity contribution in [1.29, 1.82) is 0 Å². The highest BCUT2D eigenvalue weighted by atomic mass is 16.7. The zero-order valence-electron chi connectivity index (χ0n) is 15.2. The molecule has 27 heavy (non-hydrogen) atoms. The molecule has 4 rings (SSSR count). The van der Waals surface area contributed by atoms with Crippen LogP contribution in [0.5, 0.6) is 11.5 Å². The molecule has 2 aromatic carbocycles. The molecule has 0 aliphatic carbocycles. The maximum absolute atomic E-state index is 13.0. The summed E-state index contributed by atoms with van der Waals surface area (Å²) in [5, 5.41) is 0.771. The molecule has 0 radical (unpaired) electrons. The summed E-state index contributed by atoms with van der Waals surface area (Å²) in [6.45, 7) is 4.64. The number of carbonyl (C=O) groups excluding carboxylic acids is 2. The maximum atomic E-state index is 13.0. The average molecular weight is 364 g/mol.